The summed E-state index contributed by atoms with van der Waals surface area (Å²) in [7, 11) is 0. The van der Waals surface area contributed by atoms with Crippen LogP contribution >= 0.6 is 39.1 Å². The van der Waals surface area contributed by atoms with E-state index in [1.807, 2.05) is 0 Å². The largest absolute Gasteiger partial charge is 0.478 e. The number of benzene rings is 2. The second-order valence-electron chi connectivity index (χ2n) is 4.08. The van der Waals surface area contributed by atoms with Gasteiger partial charge in [-0.3, -0.25) is 4.79 Å². The molecule has 21 heavy (non-hydrogen) atoms. The van der Waals surface area contributed by atoms with Gasteiger partial charge >= 0.3 is 5.97 Å². The number of carbonyl (C=O) groups excluding carboxylic acids is 1. The molecule has 4 nitrogen and oxygen atoms in total. The number of anilines is 1. The van der Waals surface area contributed by atoms with Crippen molar-refractivity contribution in [1.82, 2.24) is 0 Å². The minimum absolute atomic E-state index is 0.0276. The molecule has 108 valence electrons. The van der Waals surface area contributed by atoms with Crippen molar-refractivity contribution in [2.24, 2.45) is 0 Å². The van der Waals surface area contributed by atoms with Crippen LogP contribution in [0.25, 0.3) is 0 Å². The quantitative estimate of drug-likeness (QED) is 0.800. The van der Waals surface area contributed by atoms with Gasteiger partial charge in [-0.15, -0.1) is 0 Å². The molecule has 0 aliphatic heterocycles. The summed E-state index contributed by atoms with van der Waals surface area (Å²) in [6, 6.07) is 8.84. The van der Waals surface area contributed by atoms with Gasteiger partial charge < -0.3 is 10.4 Å². The molecule has 7 heteroatoms. The van der Waals surface area contributed by atoms with E-state index >= 15 is 0 Å². The average Bonchev–Trinajstić information content (AvgIpc) is 2.43. The molecule has 2 aromatic rings. The first-order valence-electron chi connectivity index (χ1n) is 5.67. The van der Waals surface area contributed by atoms with Crippen LogP contribution in [0.1, 0.15) is 20.7 Å². The maximum atomic E-state index is 12.2. The first-order chi connectivity index (χ1) is 9.88. The van der Waals surface area contributed by atoms with Gasteiger partial charge in [0.15, 0.2) is 0 Å². The minimum atomic E-state index is -1.11. The standard InChI is InChI=1S/C14H8BrCl2NO3/c15-10-3-2-8(16)6-9(10)13(19)18-12-5-7(14(20)21)1-4-11(12)17/h1-6H,(H,18,19)(H,20,21). The first kappa shape index (κ1) is 15.8. The van der Waals surface area contributed by atoms with E-state index in [1.165, 1.54) is 24.3 Å². The van der Waals surface area contributed by atoms with Crippen LogP contribution < -0.4 is 5.32 Å². The molecule has 0 heterocycles. The van der Waals surface area contributed by atoms with Crippen LogP contribution in [0.3, 0.4) is 0 Å². The molecular weight excluding hydrogens is 381 g/mol. The molecule has 1 amide bonds. The van der Waals surface area contributed by atoms with Crippen molar-refractivity contribution in [3.63, 3.8) is 0 Å². The smallest absolute Gasteiger partial charge is 0.335 e. The van der Waals surface area contributed by atoms with Crippen molar-refractivity contribution in [2.45, 2.75) is 0 Å². The van der Waals surface area contributed by atoms with Gasteiger partial charge in [0.05, 0.1) is 21.8 Å². The molecule has 0 aliphatic carbocycles. The van der Waals surface area contributed by atoms with Crippen molar-refractivity contribution < 1.29 is 14.7 Å². The number of hydrogen-bond acceptors (Lipinski definition) is 2. The van der Waals surface area contributed by atoms with Gasteiger partial charge in [0.25, 0.3) is 5.91 Å². The highest BCUT2D eigenvalue weighted by Gasteiger charge is 2.14. The second-order valence-corrected chi connectivity index (χ2v) is 5.78. The van der Waals surface area contributed by atoms with Crippen LogP contribution in [0.4, 0.5) is 5.69 Å². The Morgan fingerprint density at radius 2 is 1.81 bits per heavy atom. The fourth-order valence-corrected chi connectivity index (χ4v) is 2.38. The third-order valence-corrected chi connectivity index (χ3v) is 3.89. The Balaban J connectivity index is 2.33. The summed E-state index contributed by atoms with van der Waals surface area (Å²) >= 11 is 15.1. The Hall–Kier alpha value is -1.56. The average molecular weight is 389 g/mol. The molecule has 0 radical (unpaired) electrons. The number of hydrogen-bond donors (Lipinski definition) is 2. The van der Waals surface area contributed by atoms with E-state index in [9.17, 15) is 9.59 Å². The highest BCUT2D eigenvalue weighted by molar-refractivity contribution is 9.10. The van der Waals surface area contributed by atoms with Crippen molar-refractivity contribution >= 4 is 56.7 Å². The van der Waals surface area contributed by atoms with E-state index in [4.69, 9.17) is 28.3 Å². The number of carboxylic acid groups (broad SMARTS) is 1. The zero-order valence-electron chi connectivity index (χ0n) is 10.4. The number of carbonyl (C=O) groups is 2. The number of carboxylic acids is 1. The molecule has 0 fully saturated rings. The van der Waals surface area contributed by atoms with E-state index in [2.05, 4.69) is 21.2 Å². The molecule has 0 atom stereocenters. The van der Waals surface area contributed by atoms with Gasteiger partial charge in [0.2, 0.25) is 0 Å². The van der Waals surface area contributed by atoms with Gasteiger partial charge in [-0.25, -0.2) is 4.79 Å². The summed E-state index contributed by atoms with van der Waals surface area (Å²) in [5.74, 6) is -1.56. The van der Waals surface area contributed by atoms with Gasteiger partial charge in [0.1, 0.15) is 0 Å². The number of rotatable bonds is 3. The summed E-state index contributed by atoms with van der Waals surface area (Å²) in [6.07, 6.45) is 0. The van der Waals surface area contributed by atoms with Crippen molar-refractivity contribution in [2.75, 3.05) is 5.32 Å². The van der Waals surface area contributed by atoms with E-state index in [1.54, 1.807) is 12.1 Å². The summed E-state index contributed by atoms with van der Waals surface area (Å²) in [5, 5.41) is 12.2. The highest BCUT2D eigenvalue weighted by Crippen LogP contribution is 2.26. The summed E-state index contributed by atoms with van der Waals surface area (Å²) < 4.78 is 0.565. The summed E-state index contributed by atoms with van der Waals surface area (Å²) in [4.78, 5) is 23.2. The third kappa shape index (κ3) is 3.75. The normalized spacial score (nSPS) is 10.2. The summed E-state index contributed by atoms with van der Waals surface area (Å²) in [6.45, 7) is 0. The number of nitrogens with one attached hydrogen (secondary N) is 1. The second kappa shape index (κ2) is 6.47. The lowest BCUT2D eigenvalue weighted by atomic mass is 10.1. The van der Waals surface area contributed by atoms with Crippen molar-refractivity contribution in [1.29, 1.82) is 0 Å². The van der Waals surface area contributed by atoms with Gasteiger partial charge in [-0.1, -0.05) is 23.2 Å². The fraction of sp³-hybridized carbons (Fsp3) is 0. The minimum Gasteiger partial charge on any atom is -0.478 e. The van der Waals surface area contributed by atoms with Crippen LogP contribution in [0.2, 0.25) is 10.0 Å². The number of aromatic carboxylic acids is 1. The Bertz CT molecular complexity index is 734. The van der Waals surface area contributed by atoms with Crippen LogP contribution in [0, 0.1) is 0 Å². The summed E-state index contributed by atoms with van der Waals surface area (Å²) in [5.41, 5.74) is 0.563. The first-order valence-corrected chi connectivity index (χ1v) is 7.22. The maximum Gasteiger partial charge on any atom is 0.335 e. The lowest BCUT2D eigenvalue weighted by Gasteiger charge is -2.09. The molecule has 2 N–H and O–H groups in total. The molecule has 0 aromatic heterocycles. The number of halogens is 3. The van der Waals surface area contributed by atoms with Crippen molar-refractivity contribution in [3.8, 4) is 0 Å². The molecule has 0 saturated carbocycles. The van der Waals surface area contributed by atoms with E-state index in [0.717, 1.165) is 0 Å². The predicted molar refractivity (Wildman–Crippen MR) is 85.5 cm³/mol. The maximum absolute atomic E-state index is 12.2. The van der Waals surface area contributed by atoms with E-state index in [0.29, 0.717) is 15.1 Å². The van der Waals surface area contributed by atoms with Crippen LogP contribution in [-0.4, -0.2) is 17.0 Å². The zero-order valence-corrected chi connectivity index (χ0v) is 13.5. The monoisotopic (exact) mass is 387 g/mol. The molecule has 0 bridgehead atoms. The predicted octanol–water partition coefficient (Wildman–Crippen LogP) is 4.71. The third-order valence-electron chi connectivity index (χ3n) is 2.63. The van der Waals surface area contributed by atoms with Gasteiger partial charge in [-0.05, 0) is 52.3 Å². The fourth-order valence-electron chi connectivity index (χ4n) is 1.62. The molecule has 0 unspecified atom stereocenters. The SMILES string of the molecule is O=C(O)c1ccc(Cl)c(NC(=O)c2cc(Cl)ccc2Br)c1. The highest BCUT2D eigenvalue weighted by atomic mass is 79.9. The zero-order chi connectivity index (χ0) is 15.6. The molecule has 0 saturated heterocycles. The molecule has 0 aliphatic rings. The van der Waals surface area contributed by atoms with Crippen LogP contribution in [-0.2, 0) is 0 Å². The Morgan fingerprint density at radius 1 is 1.10 bits per heavy atom. The molecule has 2 aromatic carbocycles. The Labute approximate surface area is 138 Å². The topological polar surface area (TPSA) is 66.4 Å². The van der Waals surface area contributed by atoms with E-state index < -0.39 is 11.9 Å². The Kier molecular flexibility index (Phi) is 4.88. The lowest BCUT2D eigenvalue weighted by molar-refractivity contribution is 0.0696. The number of amides is 1. The lowest BCUT2D eigenvalue weighted by Crippen LogP contribution is -2.13. The van der Waals surface area contributed by atoms with Gasteiger partial charge in [0, 0.05) is 9.50 Å². The molecule has 2 rings (SSSR count). The molecule has 0 spiro atoms. The van der Waals surface area contributed by atoms with Crippen molar-refractivity contribution in [3.05, 3.63) is 62.0 Å². The molecular formula is C14H8BrCl2NO3. The Morgan fingerprint density at radius 3 is 2.48 bits per heavy atom. The van der Waals surface area contributed by atoms with E-state index in [-0.39, 0.29) is 16.3 Å². The van der Waals surface area contributed by atoms with Gasteiger partial charge in [-0.2, -0.15) is 0 Å². The van der Waals surface area contributed by atoms with Crippen LogP contribution in [0.5, 0.6) is 0 Å². The van der Waals surface area contributed by atoms with Crippen LogP contribution in [0.15, 0.2) is 40.9 Å².